The predicted molar refractivity (Wildman–Crippen MR) is 138 cm³/mol. The van der Waals surface area contributed by atoms with Crippen molar-refractivity contribution in [3.63, 3.8) is 0 Å². The molecule has 192 valence electrons. The van der Waals surface area contributed by atoms with Crippen LogP contribution in [0.4, 0.5) is 10.1 Å². The van der Waals surface area contributed by atoms with E-state index in [0.29, 0.717) is 22.6 Å². The third kappa shape index (κ3) is 5.92. The Morgan fingerprint density at radius 1 is 1.22 bits per heavy atom. The highest BCUT2D eigenvalue weighted by Crippen LogP contribution is 2.27. The van der Waals surface area contributed by atoms with Crippen LogP contribution >= 0.6 is 11.6 Å². The van der Waals surface area contributed by atoms with Gasteiger partial charge in [-0.2, -0.15) is 5.26 Å². The molecule has 3 aromatic rings. The van der Waals surface area contributed by atoms with Crippen LogP contribution in [0.3, 0.4) is 0 Å². The molecule has 37 heavy (non-hydrogen) atoms. The van der Waals surface area contributed by atoms with Gasteiger partial charge >= 0.3 is 0 Å². The molecule has 0 saturated carbocycles. The molecule has 1 fully saturated rings. The van der Waals surface area contributed by atoms with Gasteiger partial charge in [-0.05, 0) is 55.2 Å². The molecule has 1 aliphatic heterocycles. The van der Waals surface area contributed by atoms with Crippen molar-refractivity contribution in [3.8, 4) is 6.07 Å². The molecule has 10 heteroatoms. The number of benzene rings is 2. The fourth-order valence-corrected chi connectivity index (χ4v) is 4.76. The summed E-state index contributed by atoms with van der Waals surface area (Å²) in [5.74, 6) is -2.31. The molecule has 3 N–H and O–H groups in total. The molecule has 8 nitrogen and oxygen atoms in total. The quantitative estimate of drug-likeness (QED) is 0.423. The summed E-state index contributed by atoms with van der Waals surface area (Å²) in [5, 5.41) is 16.0. The summed E-state index contributed by atoms with van der Waals surface area (Å²) in [5.41, 5.74) is 1.11. The van der Waals surface area contributed by atoms with E-state index in [9.17, 15) is 24.0 Å². The highest BCUT2D eigenvalue weighted by atomic mass is 35.5. The van der Waals surface area contributed by atoms with E-state index in [1.807, 2.05) is 13.8 Å². The van der Waals surface area contributed by atoms with E-state index in [1.165, 1.54) is 23.1 Å². The van der Waals surface area contributed by atoms with Crippen molar-refractivity contribution < 1.29 is 18.8 Å². The number of H-pyrrole nitrogens is 1. The van der Waals surface area contributed by atoms with E-state index in [-0.39, 0.29) is 35.9 Å². The third-order valence-corrected chi connectivity index (χ3v) is 6.60. The SMILES string of the molecule is CC(C)CC(NC(=O)c1cc2c(F)cccc2[nH]1)C(=O)N1CC(C(=O)Nc2cccc(Cl)c2)CC1C#N. The van der Waals surface area contributed by atoms with E-state index in [1.54, 1.807) is 30.3 Å². The van der Waals surface area contributed by atoms with Gasteiger partial charge in [0, 0.05) is 28.2 Å². The number of hydrogen-bond acceptors (Lipinski definition) is 4. The molecule has 0 radical (unpaired) electrons. The first-order valence-corrected chi connectivity index (χ1v) is 12.4. The number of aromatic amines is 1. The van der Waals surface area contributed by atoms with Gasteiger partial charge in [-0.25, -0.2) is 4.39 Å². The van der Waals surface area contributed by atoms with Crippen molar-refractivity contribution in [3.05, 3.63) is 65.1 Å². The maximum absolute atomic E-state index is 14.1. The number of fused-ring (bicyclic) bond motifs is 1. The molecule has 0 bridgehead atoms. The van der Waals surface area contributed by atoms with Gasteiger partial charge in [-0.3, -0.25) is 14.4 Å². The highest BCUT2D eigenvalue weighted by molar-refractivity contribution is 6.30. The van der Waals surface area contributed by atoms with Crippen LogP contribution in [0.15, 0.2) is 48.5 Å². The summed E-state index contributed by atoms with van der Waals surface area (Å²) in [6, 6.07) is 13.0. The summed E-state index contributed by atoms with van der Waals surface area (Å²) >= 11 is 5.99. The fourth-order valence-electron chi connectivity index (χ4n) is 4.57. The van der Waals surface area contributed by atoms with Crippen LogP contribution in [0.1, 0.15) is 37.2 Å². The first-order chi connectivity index (χ1) is 17.7. The Morgan fingerprint density at radius 3 is 2.65 bits per heavy atom. The third-order valence-electron chi connectivity index (χ3n) is 6.36. The van der Waals surface area contributed by atoms with E-state index in [0.717, 1.165) is 0 Å². The lowest BCUT2D eigenvalue weighted by Crippen LogP contribution is -2.50. The Morgan fingerprint density at radius 2 is 1.97 bits per heavy atom. The number of halogens is 2. The zero-order chi connectivity index (χ0) is 26.7. The van der Waals surface area contributed by atoms with Crippen LogP contribution < -0.4 is 10.6 Å². The van der Waals surface area contributed by atoms with E-state index >= 15 is 0 Å². The number of nitrogens with one attached hydrogen (secondary N) is 3. The minimum absolute atomic E-state index is 0.0471. The lowest BCUT2D eigenvalue weighted by Gasteiger charge is -2.27. The maximum atomic E-state index is 14.1. The second kappa shape index (κ2) is 11.0. The van der Waals surface area contributed by atoms with Gasteiger partial charge in [-0.15, -0.1) is 0 Å². The molecule has 1 aromatic heterocycles. The Labute approximate surface area is 218 Å². The molecule has 0 spiro atoms. The zero-order valence-corrected chi connectivity index (χ0v) is 21.2. The van der Waals surface area contributed by atoms with Gasteiger partial charge in [0.25, 0.3) is 5.91 Å². The summed E-state index contributed by atoms with van der Waals surface area (Å²) in [4.78, 5) is 43.7. The lowest BCUT2D eigenvalue weighted by molar-refractivity contribution is -0.133. The lowest BCUT2D eigenvalue weighted by atomic mass is 10.0. The number of carbonyl (C=O) groups is 3. The standard InChI is InChI=1S/C27H27ClFN5O3/c1-15(2)9-24(33-26(36)23-12-20-21(29)7-4-8-22(20)32-23)27(37)34-14-16(10-19(34)13-30)25(35)31-18-6-3-5-17(28)11-18/h3-8,11-12,15-16,19,24,32H,9-10,14H2,1-2H3,(H,31,35)(H,33,36). The highest BCUT2D eigenvalue weighted by Gasteiger charge is 2.41. The van der Waals surface area contributed by atoms with Crippen molar-refractivity contribution in [1.82, 2.24) is 15.2 Å². The monoisotopic (exact) mass is 523 g/mol. The molecule has 2 heterocycles. The minimum Gasteiger partial charge on any atom is -0.350 e. The number of nitriles is 1. The first kappa shape index (κ1) is 26.2. The molecule has 1 aliphatic rings. The summed E-state index contributed by atoms with van der Waals surface area (Å²) in [6.07, 6.45) is 0.505. The average molecular weight is 524 g/mol. The maximum Gasteiger partial charge on any atom is 0.268 e. The zero-order valence-electron chi connectivity index (χ0n) is 20.4. The van der Waals surface area contributed by atoms with Crippen LogP contribution in [0.5, 0.6) is 0 Å². The number of amides is 3. The first-order valence-electron chi connectivity index (χ1n) is 12.0. The second-order valence-corrected chi connectivity index (χ2v) is 10.0. The molecule has 3 unspecified atom stereocenters. The number of carbonyl (C=O) groups excluding carboxylic acids is 3. The Bertz CT molecular complexity index is 1380. The Balaban J connectivity index is 1.49. The van der Waals surface area contributed by atoms with E-state index in [4.69, 9.17) is 11.6 Å². The van der Waals surface area contributed by atoms with Crippen LogP contribution in [0.25, 0.3) is 10.9 Å². The van der Waals surface area contributed by atoms with Crippen LogP contribution in [0, 0.1) is 29.0 Å². The van der Waals surface area contributed by atoms with Gasteiger partial charge in [-0.1, -0.05) is 37.6 Å². The number of anilines is 1. The number of likely N-dealkylation sites (tertiary alicyclic amines) is 1. The van der Waals surface area contributed by atoms with Gasteiger partial charge in [0.05, 0.1) is 12.0 Å². The summed E-state index contributed by atoms with van der Waals surface area (Å²) < 4.78 is 14.1. The number of nitrogens with zero attached hydrogens (tertiary/aromatic N) is 2. The van der Waals surface area contributed by atoms with Gasteiger partial charge < -0.3 is 20.5 Å². The van der Waals surface area contributed by atoms with Gasteiger partial charge in [0.15, 0.2) is 0 Å². The smallest absolute Gasteiger partial charge is 0.268 e. The van der Waals surface area contributed by atoms with Crippen LogP contribution in [-0.4, -0.2) is 46.2 Å². The molecule has 3 atom stereocenters. The molecular formula is C27H27ClFN5O3. The number of aromatic nitrogens is 1. The number of hydrogen-bond donors (Lipinski definition) is 3. The molecule has 0 aliphatic carbocycles. The van der Waals surface area contributed by atoms with E-state index < -0.39 is 35.6 Å². The Kier molecular flexibility index (Phi) is 7.79. The average Bonchev–Trinajstić information content (AvgIpc) is 3.48. The van der Waals surface area contributed by atoms with Gasteiger partial charge in [0.1, 0.15) is 23.6 Å². The van der Waals surface area contributed by atoms with Crippen molar-refractivity contribution in [2.45, 2.75) is 38.8 Å². The molecule has 2 aromatic carbocycles. The Hall–Kier alpha value is -3.90. The predicted octanol–water partition coefficient (Wildman–Crippen LogP) is 4.48. The number of rotatable bonds is 7. The van der Waals surface area contributed by atoms with Crippen molar-refractivity contribution in [2.24, 2.45) is 11.8 Å². The summed E-state index contributed by atoms with van der Waals surface area (Å²) in [6.45, 7) is 3.88. The fraction of sp³-hybridized carbons (Fsp3) is 0.333. The molecule has 4 rings (SSSR count). The largest absolute Gasteiger partial charge is 0.350 e. The van der Waals surface area contributed by atoms with Crippen molar-refractivity contribution in [1.29, 1.82) is 5.26 Å². The molecule has 1 saturated heterocycles. The molecular weight excluding hydrogens is 497 g/mol. The van der Waals surface area contributed by atoms with Crippen molar-refractivity contribution in [2.75, 3.05) is 11.9 Å². The normalized spacial score (nSPS) is 18.0. The van der Waals surface area contributed by atoms with Gasteiger partial charge in [0.2, 0.25) is 11.8 Å². The topological polar surface area (TPSA) is 118 Å². The summed E-state index contributed by atoms with van der Waals surface area (Å²) in [7, 11) is 0. The van der Waals surface area contributed by atoms with Crippen molar-refractivity contribution >= 4 is 45.9 Å². The van der Waals surface area contributed by atoms with E-state index in [2.05, 4.69) is 21.7 Å². The molecule has 3 amide bonds. The van der Waals surface area contributed by atoms with Crippen LogP contribution in [-0.2, 0) is 9.59 Å². The second-order valence-electron chi connectivity index (χ2n) is 9.61. The minimum atomic E-state index is -0.922. The van der Waals surface area contributed by atoms with Crippen LogP contribution in [0.2, 0.25) is 5.02 Å².